The maximum absolute atomic E-state index is 12.0. The Kier molecular flexibility index (Phi) is 5.30. The van der Waals surface area contributed by atoms with Gasteiger partial charge in [-0.3, -0.25) is 4.79 Å². The second-order valence-corrected chi connectivity index (χ2v) is 5.07. The van der Waals surface area contributed by atoms with Crippen LogP contribution in [-0.4, -0.2) is 60.9 Å². The fraction of sp³-hybridized carbons (Fsp3) is 0.571. The minimum absolute atomic E-state index is 0.0845. The largest absolute Gasteiger partial charge is 0.455 e. The molecule has 0 amide bonds. The summed E-state index contributed by atoms with van der Waals surface area (Å²) < 4.78 is 5.42. The Bertz CT molecular complexity index is 390. The van der Waals surface area contributed by atoms with Crippen molar-refractivity contribution in [3.63, 3.8) is 0 Å². The summed E-state index contributed by atoms with van der Waals surface area (Å²) in [4.78, 5) is 27.4. The highest BCUT2D eigenvalue weighted by Gasteiger charge is 2.39. The molecule has 0 N–H and O–H groups in total. The first-order valence-corrected chi connectivity index (χ1v) is 6.29. The van der Waals surface area contributed by atoms with E-state index in [9.17, 15) is 9.59 Å². The van der Waals surface area contributed by atoms with Crippen molar-refractivity contribution >= 4 is 11.8 Å². The molecule has 2 atom stereocenters. The van der Waals surface area contributed by atoms with Gasteiger partial charge >= 0.3 is 5.97 Å². The lowest BCUT2D eigenvalue weighted by atomic mass is 10.1. The lowest BCUT2D eigenvalue weighted by Gasteiger charge is -2.30. The monoisotopic (exact) mass is 266 g/mol. The van der Waals surface area contributed by atoms with Crippen LogP contribution in [0, 0.1) is 0 Å². The molecule has 19 heavy (non-hydrogen) atoms. The predicted molar refractivity (Wildman–Crippen MR) is 73.6 cm³/mol. The number of ether oxygens (including phenoxy) is 1. The highest BCUT2D eigenvalue weighted by molar-refractivity contribution is 5.89. The number of esters is 1. The second kappa shape index (κ2) is 6.52. The van der Waals surface area contributed by atoms with Gasteiger partial charge < -0.3 is 14.5 Å². The molecule has 1 heterocycles. The normalized spacial score (nSPS) is 20.5. The van der Waals surface area contributed by atoms with Gasteiger partial charge in [0.2, 0.25) is 0 Å². The zero-order valence-corrected chi connectivity index (χ0v) is 11.9. The zero-order chi connectivity index (χ0) is 14.6. The van der Waals surface area contributed by atoms with Crippen LogP contribution < -0.4 is 0 Å². The van der Waals surface area contributed by atoms with Crippen molar-refractivity contribution in [2.24, 2.45) is 0 Å². The molecule has 2 unspecified atom stereocenters. The van der Waals surface area contributed by atoms with Crippen LogP contribution >= 0.6 is 0 Å². The summed E-state index contributed by atoms with van der Waals surface area (Å²) in [5, 5.41) is 0. The summed E-state index contributed by atoms with van der Waals surface area (Å²) in [6.07, 6.45) is 1.59. The molecule has 1 rings (SSSR count). The number of rotatable bonds is 6. The van der Waals surface area contributed by atoms with E-state index in [2.05, 4.69) is 13.2 Å². The van der Waals surface area contributed by atoms with Gasteiger partial charge in [-0.25, -0.2) is 4.79 Å². The van der Waals surface area contributed by atoms with Crippen LogP contribution in [0.4, 0.5) is 0 Å². The van der Waals surface area contributed by atoms with Gasteiger partial charge in [0.25, 0.3) is 0 Å². The molecule has 0 spiro atoms. The molecule has 5 heteroatoms. The lowest BCUT2D eigenvalue weighted by Crippen LogP contribution is -2.47. The van der Waals surface area contributed by atoms with E-state index >= 15 is 0 Å². The van der Waals surface area contributed by atoms with E-state index in [0.29, 0.717) is 25.1 Å². The first-order chi connectivity index (χ1) is 8.86. The average Bonchev–Trinajstić information content (AvgIpc) is 2.68. The molecule has 1 saturated heterocycles. The number of hydrogen-bond donors (Lipinski definition) is 0. The SMILES string of the molecule is C=CN1CCC(=O)C1C(CN(C)C)OC(=O)C(=C)C. The fourth-order valence-corrected chi connectivity index (χ4v) is 2.14. The summed E-state index contributed by atoms with van der Waals surface area (Å²) in [6.45, 7) is 9.98. The average molecular weight is 266 g/mol. The first-order valence-electron chi connectivity index (χ1n) is 6.29. The zero-order valence-electron chi connectivity index (χ0n) is 11.9. The Morgan fingerprint density at radius 2 is 2.26 bits per heavy atom. The Morgan fingerprint density at radius 3 is 2.74 bits per heavy atom. The number of likely N-dealkylation sites (N-methyl/N-ethyl adjacent to an activating group) is 1. The summed E-state index contributed by atoms with van der Waals surface area (Å²) >= 11 is 0. The number of hydrogen-bond acceptors (Lipinski definition) is 5. The van der Waals surface area contributed by atoms with Crippen molar-refractivity contribution in [1.29, 1.82) is 0 Å². The van der Waals surface area contributed by atoms with E-state index in [1.54, 1.807) is 13.1 Å². The number of carbonyl (C=O) groups is 2. The molecule has 0 aromatic rings. The molecule has 106 valence electrons. The molecule has 0 aliphatic carbocycles. The Balaban J connectivity index is 2.88. The molecule has 0 bridgehead atoms. The van der Waals surface area contributed by atoms with Crippen LogP contribution in [0.5, 0.6) is 0 Å². The van der Waals surface area contributed by atoms with Gasteiger partial charge in [0, 0.05) is 25.1 Å². The number of Topliss-reactive ketones (excluding diaryl/α,β-unsaturated/α-hetero) is 1. The minimum Gasteiger partial charge on any atom is -0.455 e. The summed E-state index contributed by atoms with van der Waals surface area (Å²) in [6, 6.07) is -0.441. The summed E-state index contributed by atoms with van der Waals surface area (Å²) in [7, 11) is 3.75. The highest BCUT2D eigenvalue weighted by Crippen LogP contribution is 2.20. The summed E-state index contributed by atoms with van der Waals surface area (Å²) in [5.41, 5.74) is 0.333. The topological polar surface area (TPSA) is 49.9 Å². The molecule has 5 nitrogen and oxygen atoms in total. The first kappa shape index (κ1) is 15.4. The predicted octanol–water partition coefficient (Wildman–Crippen LogP) is 0.823. The van der Waals surface area contributed by atoms with E-state index in [1.165, 1.54) is 0 Å². The Hall–Kier alpha value is -1.62. The Morgan fingerprint density at radius 1 is 1.63 bits per heavy atom. The maximum Gasteiger partial charge on any atom is 0.333 e. The number of ketones is 1. The smallest absolute Gasteiger partial charge is 0.333 e. The minimum atomic E-state index is -0.507. The van der Waals surface area contributed by atoms with Crippen molar-refractivity contribution < 1.29 is 14.3 Å². The molecular formula is C14H22N2O3. The van der Waals surface area contributed by atoms with Gasteiger partial charge in [-0.15, -0.1) is 0 Å². The Labute approximate surface area is 114 Å². The van der Waals surface area contributed by atoms with E-state index in [1.807, 2.05) is 23.9 Å². The molecule has 1 fully saturated rings. The molecule has 1 aliphatic rings. The van der Waals surface area contributed by atoms with Gasteiger partial charge in [0.15, 0.2) is 5.78 Å². The third kappa shape index (κ3) is 3.92. The molecule has 0 aromatic heterocycles. The standard InChI is InChI=1S/C14H22N2O3/c1-6-16-8-7-11(17)13(16)12(9-15(4)5)19-14(18)10(2)3/h6,12-13H,1-2,7-9H2,3-5H3. The van der Waals surface area contributed by atoms with Crippen LogP contribution in [0.15, 0.2) is 24.9 Å². The fourth-order valence-electron chi connectivity index (χ4n) is 2.14. The molecule has 0 radical (unpaired) electrons. The number of likely N-dealkylation sites (tertiary alicyclic amines) is 1. The van der Waals surface area contributed by atoms with Crippen LogP contribution in [0.3, 0.4) is 0 Å². The molecule has 0 saturated carbocycles. The van der Waals surface area contributed by atoms with Crippen molar-refractivity contribution in [1.82, 2.24) is 9.80 Å². The van der Waals surface area contributed by atoms with Crippen LogP contribution in [0.1, 0.15) is 13.3 Å². The third-order valence-electron chi connectivity index (χ3n) is 3.04. The van der Waals surface area contributed by atoms with Gasteiger partial charge in [0.1, 0.15) is 12.1 Å². The number of carbonyl (C=O) groups excluding carboxylic acids is 2. The quantitative estimate of drug-likeness (QED) is 0.526. The number of nitrogens with zero attached hydrogens (tertiary/aromatic N) is 2. The van der Waals surface area contributed by atoms with Gasteiger partial charge in [-0.05, 0) is 27.2 Å². The second-order valence-electron chi connectivity index (χ2n) is 5.07. The van der Waals surface area contributed by atoms with Gasteiger partial charge in [-0.2, -0.15) is 0 Å². The van der Waals surface area contributed by atoms with Crippen LogP contribution in [0.25, 0.3) is 0 Å². The lowest BCUT2D eigenvalue weighted by molar-refractivity contribution is -0.149. The molecule has 0 aromatic carbocycles. The maximum atomic E-state index is 12.0. The van der Waals surface area contributed by atoms with Crippen molar-refractivity contribution in [3.05, 3.63) is 24.9 Å². The van der Waals surface area contributed by atoms with E-state index in [0.717, 1.165) is 0 Å². The van der Waals surface area contributed by atoms with Crippen molar-refractivity contribution in [3.8, 4) is 0 Å². The van der Waals surface area contributed by atoms with Gasteiger partial charge in [-0.1, -0.05) is 13.2 Å². The van der Waals surface area contributed by atoms with E-state index in [-0.39, 0.29) is 5.78 Å². The highest BCUT2D eigenvalue weighted by atomic mass is 16.5. The summed E-state index contributed by atoms with van der Waals surface area (Å²) in [5.74, 6) is -0.378. The van der Waals surface area contributed by atoms with E-state index < -0.39 is 18.1 Å². The third-order valence-corrected chi connectivity index (χ3v) is 3.04. The van der Waals surface area contributed by atoms with E-state index in [4.69, 9.17) is 4.74 Å². The van der Waals surface area contributed by atoms with Crippen molar-refractivity contribution in [2.45, 2.75) is 25.5 Å². The van der Waals surface area contributed by atoms with Crippen LogP contribution in [0.2, 0.25) is 0 Å². The van der Waals surface area contributed by atoms with Gasteiger partial charge in [0.05, 0.1) is 0 Å². The molecule has 1 aliphatic heterocycles. The van der Waals surface area contributed by atoms with Crippen LogP contribution in [-0.2, 0) is 14.3 Å². The van der Waals surface area contributed by atoms with Crippen molar-refractivity contribution in [2.75, 3.05) is 27.2 Å². The molecular weight excluding hydrogens is 244 g/mol.